The standard InChI is InChI=1S/C14H16N2O8/c17-12(15-9(14(20)21)8-13(18)19)6-3-7-24-11-5-2-1-4-10(11)16(22)23/h1-2,4-5,9H,3,6-8H2,(H,15,17)(H,18,19)(H,20,21). The van der Waals surface area contributed by atoms with Crippen LogP contribution >= 0.6 is 0 Å². The molecule has 0 aromatic heterocycles. The Bertz CT molecular complexity index is 631. The lowest BCUT2D eigenvalue weighted by molar-refractivity contribution is -0.385. The molecule has 0 fully saturated rings. The minimum absolute atomic E-state index is 0.00887. The quantitative estimate of drug-likeness (QED) is 0.321. The molecule has 0 radical (unpaired) electrons. The molecular weight excluding hydrogens is 324 g/mol. The Balaban J connectivity index is 2.42. The number of hydrogen-bond acceptors (Lipinski definition) is 6. The highest BCUT2D eigenvalue weighted by molar-refractivity contribution is 5.86. The van der Waals surface area contributed by atoms with Crippen molar-refractivity contribution in [1.29, 1.82) is 0 Å². The lowest BCUT2D eigenvalue weighted by Crippen LogP contribution is -2.42. The van der Waals surface area contributed by atoms with Gasteiger partial charge in [-0.05, 0) is 12.5 Å². The zero-order valence-electron chi connectivity index (χ0n) is 12.5. The number of hydrogen-bond donors (Lipinski definition) is 3. The number of para-hydroxylation sites is 2. The van der Waals surface area contributed by atoms with Crippen molar-refractivity contribution < 1.29 is 34.3 Å². The van der Waals surface area contributed by atoms with Crippen molar-refractivity contribution >= 4 is 23.5 Å². The fourth-order valence-electron chi connectivity index (χ4n) is 1.79. The number of benzene rings is 1. The number of carboxylic acid groups (broad SMARTS) is 2. The van der Waals surface area contributed by atoms with Crippen LogP contribution in [0.1, 0.15) is 19.3 Å². The van der Waals surface area contributed by atoms with Crippen molar-refractivity contribution in [2.45, 2.75) is 25.3 Å². The van der Waals surface area contributed by atoms with Gasteiger partial charge in [-0.1, -0.05) is 12.1 Å². The molecule has 24 heavy (non-hydrogen) atoms. The van der Waals surface area contributed by atoms with Crippen molar-refractivity contribution in [3.05, 3.63) is 34.4 Å². The topological polar surface area (TPSA) is 156 Å². The third-order valence-electron chi connectivity index (χ3n) is 2.88. The molecule has 1 aromatic rings. The molecule has 1 aromatic carbocycles. The van der Waals surface area contributed by atoms with Crippen molar-refractivity contribution in [2.75, 3.05) is 6.61 Å². The molecule has 0 aliphatic rings. The lowest BCUT2D eigenvalue weighted by atomic mass is 10.2. The van der Waals surface area contributed by atoms with Crippen molar-refractivity contribution in [3.63, 3.8) is 0 Å². The summed E-state index contributed by atoms with van der Waals surface area (Å²) in [5, 5.41) is 30.3. The summed E-state index contributed by atoms with van der Waals surface area (Å²) in [6.07, 6.45) is -0.658. The second kappa shape index (κ2) is 9.08. The van der Waals surface area contributed by atoms with E-state index in [0.717, 1.165) is 0 Å². The van der Waals surface area contributed by atoms with Gasteiger partial charge in [0.25, 0.3) is 0 Å². The molecule has 1 atom stereocenters. The summed E-state index contributed by atoms with van der Waals surface area (Å²) in [4.78, 5) is 43.1. The van der Waals surface area contributed by atoms with Crippen molar-refractivity contribution in [3.8, 4) is 5.75 Å². The highest BCUT2D eigenvalue weighted by Crippen LogP contribution is 2.25. The molecule has 0 saturated carbocycles. The zero-order chi connectivity index (χ0) is 18.1. The van der Waals surface area contributed by atoms with E-state index < -0.39 is 35.2 Å². The number of nitro benzene ring substituents is 1. The maximum atomic E-state index is 11.6. The largest absolute Gasteiger partial charge is 0.487 e. The molecule has 0 spiro atoms. The molecule has 3 N–H and O–H groups in total. The van der Waals surface area contributed by atoms with Crippen LogP contribution in [-0.4, -0.2) is 45.6 Å². The first-order chi connectivity index (χ1) is 11.3. The van der Waals surface area contributed by atoms with Gasteiger partial charge >= 0.3 is 17.6 Å². The second-order valence-electron chi connectivity index (χ2n) is 4.73. The van der Waals surface area contributed by atoms with Crippen molar-refractivity contribution in [1.82, 2.24) is 5.32 Å². The van der Waals surface area contributed by atoms with Gasteiger partial charge in [0.1, 0.15) is 6.04 Å². The SMILES string of the molecule is O=C(O)CC(NC(=O)CCCOc1ccccc1[N+](=O)[O-])C(=O)O. The van der Waals surface area contributed by atoms with E-state index in [4.69, 9.17) is 14.9 Å². The molecule has 0 heterocycles. The molecule has 1 rings (SSSR count). The van der Waals surface area contributed by atoms with E-state index in [9.17, 15) is 24.5 Å². The number of carbonyl (C=O) groups is 3. The summed E-state index contributed by atoms with van der Waals surface area (Å²) in [6.45, 7) is 0.00887. The number of rotatable bonds is 10. The molecule has 0 bridgehead atoms. The van der Waals surface area contributed by atoms with E-state index >= 15 is 0 Å². The molecule has 10 heteroatoms. The summed E-state index contributed by atoms with van der Waals surface area (Å²) < 4.78 is 5.23. The molecule has 0 aliphatic heterocycles. The number of amides is 1. The molecule has 130 valence electrons. The first-order valence-corrected chi connectivity index (χ1v) is 6.91. The molecular formula is C14H16N2O8. The number of nitro groups is 1. The van der Waals surface area contributed by atoms with Gasteiger partial charge < -0.3 is 20.3 Å². The fraction of sp³-hybridized carbons (Fsp3) is 0.357. The summed E-state index contributed by atoms with van der Waals surface area (Å²) in [5.74, 6) is -3.36. The van der Waals surface area contributed by atoms with Gasteiger partial charge in [-0.25, -0.2) is 4.79 Å². The van der Waals surface area contributed by atoms with Gasteiger partial charge in [0.05, 0.1) is 18.0 Å². The first kappa shape index (κ1) is 18.9. The molecule has 10 nitrogen and oxygen atoms in total. The zero-order valence-corrected chi connectivity index (χ0v) is 12.5. The average Bonchev–Trinajstić information content (AvgIpc) is 2.50. The van der Waals surface area contributed by atoms with Crippen LogP contribution in [0, 0.1) is 10.1 Å². The maximum absolute atomic E-state index is 11.6. The van der Waals surface area contributed by atoms with E-state index in [-0.39, 0.29) is 30.9 Å². The van der Waals surface area contributed by atoms with Crippen LogP contribution in [0.2, 0.25) is 0 Å². The molecule has 0 aliphatic carbocycles. The van der Waals surface area contributed by atoms with Gasteiger partial charge in [0, 0.05) is 12.5 Å². The summed E-state index contributed by atoms with van der Waals surface area (Å²) in [6, 6.07) is 4.26. The number of aliphatic carboxylic acids is 2. The Morgan fingerprint density at radius 2 is 1.92 bits per heavy atom. The summed E-state index contributed by atoms with van der Waals surface area (Å²) in [5.41, 5.74) is -0.200. The van der Waals surface area contributed by atoms with Crippen LogP contribution in [0.5, 0.6) is 5.75 Å². The number of carbonyl (C=O) groups excluding carboxylic acids is 1. The van der Waals surface area contributed by atoms with Crippen LogP contribution in [0.4, 0.5) is 5.69 Å². The highest BCUT2D eigenvalue weighted by Gasteiger charge is 2.22. The van der Waals surface area contributed by atoms with Gasteiger partial charge in [0.15, 0.2) is 5.75 Å². The predicted octanol–water partition coefficient (Wildman–Crippen LogP) is 0.798. The van der Waals surface area contributed by atoms with E-state index in [0.29, 0.717) is 0 Å². The Labute approximate surface area is 136 Å². The number of nitrogens with zero attached hydrogens (tertiary/aromatic N) is 1. The lowest BCUT2D eigenvalue weighted by Gasteiger charge is -2.12. The Morgan fingerprint density at radius 3 is 2.50 bits per heavy atom. The van der Waals surface area contributed by atoms with Gasteiger partial charge in [-0.3, -0.25) is 19.7 Å². The third-order valence-corrected chi connectivity index (χ3v) is 2.88. The minimum Gasteiger partial charge on any atom is -0.487 e. The number of ether oxygens (including phenoxy) is 1. The number of carboxylic acids is 2. The van der Waals surface area contributed by atoms with Crippen molar-refractivity contribution in [2.24, 2.45) is 0 Å². The fourth-order valence-corrected chi connectivity index (χ4v) is 1.79. The van der Waals surface area contributed by atoms with E-state index in [1.807, 2.05) is 0 Å². The molecule has 1 unspecified atom stereocenters. The van der Waals surface area contributed by atoms with E-state index in [1.54, 1.807) is 6.07 Å². The predicted molar refractivity (Wildman–Crippen MR) is 79.6 cm³/mol. The van der Waals surface area contributed by atoms with Gasteiger partial charge in [0.2, 0.25) is 5.91 Å². The number of nitrogens with one attached hydrogen (secondary N) is 1. The van der Waals surface area contributed by atoms with Crippen LogP contribution in [-0.2, 0) is 14.4 Å². The Hall–Kier alpha value is -3.17. The highest BCUT2D eigenvalue weighted by atomic mass is 16.6. The summed E-state index contributed by atoms with van der Waals surface area (Å²) in [7, 11) is 0. The minimum atomic E-state index is -1.51. The second-order valence-corrected chi connectivity index (χ2v) is 4.73. The smallest absolute Gasteiger partial charge is 0.326 e. The normalized spacial score (nSPS) is 11.3. The molecule has 0 saturated heterocycles. The van der Waals surface area contributed by atoms with E-state index in [1.165, 1.54) is 18.2 Å². The van der Waals surface area contributed by atoms with Gasteiger partial charge in [-0.15, -0.1) is 0 Å². The van der Waals surface area contributed by atoms with Crippen LogP contribution in [0.3, 0.4) is 0 Å². The average molecular weight is 340 g/mol. The van der Waals surface area contributed by atoms with Crippen LogP contribution in [0.15, 0.2) is 24.3 Å². The molecule has 1 amide bonds. The van der Waals surface area contributed by atoms with Crippen LogP contribution in [0.25, 0.3) is 0 Å². The maximum Gasteiger partial charge on any atom is 0.326 e. The summed E-state index contributed by atoms with van der Waals surface area (Å²) >= 11 is 0. The Kier molecular flexibility index (Phi) is 7.14. The van der Waals surface area contributed by atoms with Crippen LogP contribution < -0.4 is 10.1 Å². The third kappa shape index (κ3) is 6.30. The van der Waals surface area contributed by atoms with E-state index in [2.05, 4.69) is 5.32 Å². The van der Waals surface area contributed by atoms with Gasteiger partial charge in [-0.2, -0.15) is 0 Å². The first-order valence-electron chi connectivity index (χ1n) is 6.91. The monoisotopic (exact) mass is 340 g/mol. The Morgan fingerprint density at radius 1 is 1.25 bits per heavy atom.